The molecule has 0 aliphatic carbocycles. The molecule has 1 aliphatic heterocycles. The van der Waals surface area contributed by atoms with Gasteiger partial charge in [-0.05, 0) is 30.1 Å². The van der Waals surface area contributed by atoms with Crippen molar-refractivity contribution in [3.05, 3.63) is 33.2 Å². The Balaban J connectivity index is 2.29. The van der Waals surface area contributed by atoms with Crippen molar-refractivity contribution in [3.8, 4) is 0 Å². The predicted octanol–water partition coefficient (Wildman–Crippen LogP) is 1.39. The van der Waals surface area contributed by atoms with E-state index in [1.807, 2.05) is 0 Å². The minimum absolute atomic E-state index is 0.0507. The maximum atomic E-state index is 12.6. The van der Waals surface area contributed by atoms with Crippen molar-refractivity contribution in [2.45, 2.75) is 38.3 Å². The smallest absolute Gasteiger partial charge is 0.351 e. The topological polar surface area (TPSA) is 167 Å². The number of carbonyl (C=O) groups is 2. The largest absolute Gasteiger partial charge is 0.476 e. The van der Waals surface area contributed by atoms with Crippen LogP contribution in [0.25, 0.3) is 10.4 Å². The number of hydrogen-bond donors (Lipinski definition) is 1. The molecule has 13 nitrogen and oxygen atoms in total. The van der Waals surface area contributed by atoms with Crippen LogP contribution in [0.4, 0.5) is 5.82 Å². The molecule has 4 atom stereocenters. The summed E-state index contributed by atoms with van der Waals surface area (Å²) in [7, 11) is 0. The molecule has 1 saturated heterocycles. The van der Waals surface area contributed by atoms with Crippen molar-refractivity contribution < 1.29 is 28.5 Å². The second-order valence-corrected chi connectivity index (χ2v) is 7.79. The molecule has 0 radical (unpaired) electrons. The molecule has 1 fully saturated rings. The molecule has 2 heterocycles. The van der Waals surface area contributed by atoms with Gasteiger partial charge in [-0.2, -0.15) is 4.98 Å². The van der Waals surface area contributed by atoms with Gasteiger partial charge >= 0.3 is 11.7 Å². The minimum atomic E-state index is -1.05. The Labute approximate surface area is 192 Å². The van der Waals surface area contributed by atoms with Crippen molar-refractivity contribution in [1.29, 1.82) is 0 Å². The SMILES string of the molecule is CSC(=S)OCCO[C@@H]1C(N=[N+]=[N-])[C@@H](COC(C)=O)O[C@H]1n1ccc(NC(C)=O)nc1=O. The third kappa shape index (κ3) is 7.17. The maximum absolute atomic E-state index is 12.6. The van der Waals surface area contributed by atoms with E-state index in [2.05, 4.69) is 20.3 Å². The Morgan fingerprint density at radius 1 is 1.41 bits per heavy atom. The van der Waals surface area contributed by atoms with Gasteiger partial charge in [0.15, 0.2) is 6.23 Å². The lowest BCUT2D eigenvalue weighted by Gasteiger charge is -2.22. The summed E-state index contributed by atoms with van der Waals surface area (Å²) in [5, 5.41) is 6.15. The van der Waals surface area contributed by atoms with Crippen LogP contribution in [0, 0.1) is 0 Å². The van der Waals surface area contributed by atoms with Crippen LogP contribution in [0.2, 0.25) is 0 Å². The highest BCUT2D eigenvalue weighted by Crippen LogP contribution is 2.33. The molecule has 1 amide bonds. The zero-order valence-electron chi connectivity index (χ0n) is 17.5. The molecular weight excluding hydrogens is 464 g/mol. The number of esters is 1. The fraction of sp³-hybridized carbons (Fsp3) is 0.588. The molecule has 15 heteroatoms. The summed E-state index contributed by atoms with van der Waals surface area (Å²) in [6.07, 6.45) is 0.280. The number of amides is 1. The summed E-state index contributed by atoms with van der Waals surface area (Å²) >= 11 is 6.23. The van der Waals surface area contributed by atoms with Crippen molar-refractivity contribution in [2.75, 3.05) is 31.4 Å². The summed E-state index contributed by atoms with van der Waals surface area (Å²) in [5.74, 6) is -0.871. The minimum Gasteiger partial charge on any atom is -0.476 e. The third-order valence-electron chi connectivity index (χ3n) is 4.14. The molecule has 0 spiro atoms. The molecule has 1 aromatic rings. The Morgan fingerprint density at radius 3 is 2.75 bits per heavy atom. The molecule has 0 aromatic carbocycles. The van der Waals surface area contributed by atoms with E-state index in [4.69, 9.17) is 36.7 Å². The van der Waals surface area contributed by atoms with Gasteiger partial charge < -0.3 is 24.3 Å². The van der Waals surface area contributed by atoms with Crippen molar-refractivity contribution in [1.82, 2.24) is 9.55 Å². The second-order valence-electron chi connectivity index (χ2n) is 6.38. The van der Waals surface area contributed by atoms with Gasteiger partial charge in [-0.25, -0.2) is 4.79 Å². The lowest BCUT2D eigenvalue weighted by atomic mass is 10.1. The molecule has 174 valence electrons. The van der Waals surface area contributed by atoms with Gasteiger partial charge in [0.1, 0.15) is 31.2 Å². The number of ether oxygens (including phenoxy) is 4. The number of thiocarbonyl (C=S) groups is 1. The highest BCUT2D eigenvalue weighted by Gasteiger charge is 2.47. The third-order valence-corrected chi connectivity index (χ3v) is 5.21. The van der Waals surface area contributed by atoms with Gasteiger partial charge in [-0.3, -0.25) is 14.2 Å². The fourth-order valence-corrected chi connectivity index (χ4v) is 3.17. The van der Waals surface area contributed by atoms with Crippen LogP contribution in [-0.2, 0) is 28.5 Å². The number of carbonyl (C=O) groups excluding carboxylic acids is 2. The molecule has 32 heavy (non-hydrogen) atoms. The number of azide groups is 1. The summed E-state index contributed by atoms with van der Waals surface area (Å²) in [6, 6.07) is 0.490. The number of nitrogens with zero attached hydrogens (tertiary/aromatic N) is 5. The summed E-state index contributed by atoms with van der Waals surface area (Å²) in [5.41, 5.74) is 8.29. The molecule has 2 rings (SSSR count). The summed E-state index contributed by atoms with van der Waals surface area (Å²) < 4.78 is 23.5. The van der Waals surface area contributed by atoms with E-state index in [1.165, 1.54) is 37.9 Å². The van der Waals surface area contributed by atoms with E-state index in [0.717, 1.165) is 4.57 Å². The first kappa shape index (κ1) is 25.5. The van der Waals surface area contributed by atoms with Crippen molar-refractivity contribution >= 4 is 46.1 Å². The Morgan fingerprint density at radius 2 is 2.16 bits per heavy atom. The molecular formula is C17H22N6O7S2. The maximum Gasteiger partial charge on any atom is 0.351 e. The van der Waals surface area contributed by atoms with Gasteiger partial charge in [0.25, 0.3) is 0 Å². The number of hydrogen-bond acceptors (Lipinski definition) is 11. The number of thioether (sulfide) groups is 1. The van der Waals surface area contributed by atoms with Crippen LogP contribution in [0.1, 0.15) is 20.1 Å². The van der Waals surface area contributed by atoms with Crippen LogP contribution < -0.4 is 11.0 Å². The predicted molar refractivity (Wildman–Crippen MR) is 118 cm³/mol. The highest BCUT2D eigenvalue weighted by molar-refractivity contribution is 8.22. The van der Waals surface area contributed by atoms with E-state index in [9.17, 15) is 14.4 Å². The second kappa shape index (κ2) is 12.4. The molecule has 0 bridgehead atoms. The zero-order chi connectivity index (χ0) is 23.7. The van der Waals surface area contributed by atoms with Crippen LogP contribution in [0.5, 0.6) is 0 Å². The van der Waals surface area contributed by atoms with Gasteiger partial charge in [0.05, 0.1) is 12.6 Å². The summed E-state index contributed by atoms with van der Waals surface area (Å²) in [4.78, 5) is 41.7. The Bertz CT molecular complexity index is 952. The molecule has 1 aromatic heterocycles. The molecule has 1 N–H and O–H groups in total. The lowest BCUT2D eigenvalue weighted by Crippen LogP contribution is -2.38. The normalized spacial score (nSPS) is 22.0. The summed E-state index contributed by atoms with van der Waals surface area (Å²) in [6.45, 7) is 2.47. The van der Waals surface area contributed by atoms with Crippen LogP contribution >= 0.6 is 24.0 Å². The van der Waals surface area contributed by atoms with Crippen LogP contribution in [0.3, 0.4) is 0 Å². The van der Waals surface area contributed by atoms with Gasteiger partial charge in [-0.1, -0.05) is 16.9 Å². The Hall–Kier alpha value is -2.71. The average molecular weight is 487 g/mol. The van der Waals surface area contributed by atoms with Crippen LogP contribution in [0.15, 0.2) is 22.2 Å². The number of rotatable bonds is 9. The zero-order valence-corrected chi connectivity index (χ0v) is 19.1. The van der Waals surface area contributed by atoms with E-state index < -0.39 is 36.1 Å². The number of aromatic nitrogens is 2. The van der Waals surface area contributed by atoms with Crippen molar-refractivity contribution in [2.24, 2.45) is 5.11 Å². The van der Waals surface area contributed by atoms with E-state index >= 15 is 0 Å². The number of anilines is 1. The molecule has 1 unspecified atom stereocenters. The van der Waals surface area contributed by atoms with E-state index in [1.54, 1.807) is 6.26 Å². The first-order valence-corrected chi connectivity index (χ1v) is 10.9. The first-order valence-electron chi connectivity index (χ1n) is 9.29. The standard InChI is InChI=1S/C17H22N6O7S2/c1-9(24)19-12-4-5-23(16(26)20-12)15-14(27-6-7-28-17(31)32-3)13(21-22-18)11(30-15)8-29-10(2)25/h4-5,11,13-15H,6-8H2,1-3H3,(H,19,20,24,26)/t11-,13?,14-,15-/m1/s1. The van der Waals surface area contributed by atoms with Gasteiger partial charge in [0.2, 0.25) is 10.3 Å². The average Bonchev–Trinajstić information content (AvgIpc) is 3.06. The monoisotopic (exact) mass is 486 g/mol. The van der Waals surface area contributed by atoms with Gasteiger partial charge in [0, 0.05) is 25.0 Å². The Kier molecular flexibility index (Phi) is 9.87. The molecule has 0 saturated carbocycles. The molecule has 1 aliphatic rings. The van der Waals surface area contributed by atoms with Crippen LogP contribution in [-0.4, -0.2) is 70.1 Å². The first-order chi connectivity index (χ1) is 15.3. The number of nitrogens with one attached hydrogen (secondary N) is 1. The van der Waals surface area contributed by atoms with Crippen molar-refractivity contribution in [3.63, 3.8) is 0 Å². The van der Waals surface area contributed by atoms with E-state index in [-0.39, 0.29) is 31.5 Å². The lowest BCUT2D eigenvalue weighted by molar-refractivity contribution is -0.146. The highest BCUT2D eigenvalue weighted by atomic mass is 32.2. The fourth-order valence-electron chi connectivity index (χ4n) is 2.88. The van der Waals surface area contributed by atoms with Gasteiger partial charge in [-0.15, -0.1) is 0 Å². The quantitative estimate of drug-likeness (QED) is 0.134. The van der Waals surface area contributed by atoms with E-state index in [0.29, 0.717) is 4.38 Å².